The van der Waals surface area contributed by atoms with Crippen LogP contribution < -0.4 is 24.3 Å². The molecule has 0 aliphatic carbocycles. The van der Waals surface area contributed by atoms with Crippen molar-refractivity contribution >= 4 is 23.2 Å². The highest BCUT2D eigenvalue weighted by Crippen LogP contribution is 2.37. The third-order valence-electron chi connectivity index (χ3n) is 4.21. The van der Waals surface area contributed by atoms with Crippen LogP contribution in [-0.4, -0.2) is 33.8 Å². The molecule has 1 N–H and O–H groups in total. The molecule has 0 radical (unpaired) electrons. The maximum Gasteiger partial charge on any atom is 0.255 e. The normalized spacial score (nSPS) is 10.4. The number of anilines is 1. The first-order chi connectivity index (χ1) is 13.4. The monoisotopic (exact) mass is 407 g/mol. The van der Waals surface area contributed by atoms with Gasteiger partial charge in [0, 0.05) is 17.3 Å². The van der Waals surface area contributed by atoms with Crippen LogP contribution in [0, 0.1) is 6.92 Å². The number of aryl methyl sites for hydroxylation is 1. The number of hydrogen-bond acceptors (Lipinski definition) is 5. The van der Waals surface area contributed by atoms with Gasteiger partial charge in [0.25, 0.3) is 5.91 Å². The number of rotatable bonds is 9. The van der Waals surface area contributed by atoms with E-state index in [-0.39, 0.29) is 5.91 Å². The molecule has 0 bridgehead atoms. The Morgan fingerprint density at radius 1 is 1.00 bits per heavy atom. The zero-order valence-electron chi connectivity index (χ0n) is 16.8. The molecule has 0 aromatic heterocycles. The predicted molar refractivity (Wildman–Crippen MR) is 111 cm³/mol. The van der Waals surface area contributed by atoms with Crippen molar-refractivity contribution in [2.75, 3.05) is 33.3 Å². The van der Waals surface area contributed by atoms with Gasteiger partial charge in [-0.2, -0.15) is 0 Å². The summed E-state index contributed by atoms with van der Waals surface area (Å²) in [6, 6.07) is 6.69. The van der Waals surface area contributed by atoms with Gasteiger partial charge in [0.15, 0.2) is 23.0 Å². The minimum absolute atomic E-state index is 0.323. The van der Waals surface area contributed by atoms with E-state index in [1.165, 1.54) is 7.11 Å². The summed E-state index contributed by atoms with van der Waals surface area (Å²) < 4.78 is 21.6. The first-order valence-electron chi connectivity index (χ1n) is 8.99. The summed E-state index contributed by atoms with van der Waals surface area (Å²) in [5.41, 5.74) is 1.81. The van der Waals surface area contributed by atoms with Crippen LogP contribution >= 0.6 is 11.6 Å². The SMILES string of the molecule is CCCCOc1c(Cl)cc(C(=O)Nc2cc(OC)c(OC)cc2C)cc1OC. The van der Waals surface area contributed by atoms with Crippen molar-refractivity contribution in [1.29, 1.82) is 0 Å². The Bertz CT molecular complexity index is 838. The molecule has 2 rings (SSSR count). The molecule has 0 fully saturated rings. The van der Waals surface area contributed by atoms with Crippen LogP contribution in [0.3, 0.4) is 0 Å². The lowest BCUT2D eigenvalue weighted by Crippen LogP contribution is -2.13. The highest BCUT2D eigenvalue weighted by molar-refractivity contribution is 6.32. The molecular formula is C21H26ClNO5. The van der Waals surface area contributed by atoms with Gasteiger partial charge in [-0.05, 0) is 37.1 Å². The molecule has 152 valence electrons. The molecule has 7 heteroatoms. The molecule has 0 aliphatic rings. The highest BCUT2D eigenvalue weighted by Gasteiger charge is 2.17. The second-order valence-electron chi connectivity index (χ2n) is 6.17. The zero-order valence-corrected chi connectivity index (χ0v) is 17.6. The Kier molecular flexibility index (Phi) is 7.81. The standard InChI is InChI=1S/C21H26ClNO5/c1-6-7-8-28-20-15(22)10-14(11-19(20)27-5)21(24)23-16-12-18(26-4)17(25-3)9-13(16)2/h9-12H,6-8H2,1-5H3,(H,23,24). The number of halogens is 1. The van der Waals surface area contributed by atoms with Crippen LogP contribution in [0.15, 0.2) is 24.3 Å². The fourth-order valence-corrected chi connectivity index (χ4v) is 2.88. The summed E-state index contributed by atoms with van der Waals surface area (Å²) in [7, 11) is 4.62. The Balaban J connectivity index is 2.28. The van der Waals surface area contributed by atoms with E-state index in [0.29, 0.717) is 45.9 Å². The predicted octanol–water partition coefficient (Wildman–Crippen LogP) is 5.11. The average Bonchev–Trinajstić information content (AvgIpc) is 2.69. The molecule has 2 aromatic rings. The Labute approximate surface area is 170 Å². The Hall–Kier alpha value is -2.60. The van der Waals surface area contributed by atoms with Crippen molar-refractivity contribution in [1.82, 2.24) is 0 Å². The lowest BCUT2D eigenvalue weighted by atomic mass is 10.1. The zero-order chi connectivity index (χ0) is 20.7. The molecule has 1 amide bonds. The fraction of sp³-hybridized carbons (Fsp3) is 0.381. The maximum absolute atomic E-state index is 12.8. The van der Waals surface area contributed by atoms with Crippen molar-refractivity contribution in [3.05, 3.63) is 40.4 Å². The molecule has 0 heterocycles. The first-order valence-corrected chi connectivity index (χ1v) is 9.37. The molecule has 2 aromatic carbocycles. The average molecular weight is 408 g/mol. The lowest BCUT2D eigenvalue weighted by Gasteiger charge is -2.16. The second-order valence-corrected chi connectivity index (χ2v) is 6.57. The number of benzene rings is 2. The Morgan fingerprint density at radius 3 is 2.25 bits per heavy atom. The molecule has 28 heavy (non-hydrogen) atoms. The van der Waals surface area contributed by atoms with Gasteiger partial charge in [0.1, 0.15) is 0 Å². The van der Waals surface area contributed by atoms with Gasteiger partial charge < -0.3 is 24.3 Å². The molecule has 0 saturated carbocycles. The van der Waals surface area contributed by atoms with E-state index in [1.807, 2.05) is 6.92 Å². The van der Waals surface area contributed by atoms with Crippen molar-refractivity contribution in [3.63, 3.8) is 0 Å². The van der Waals surface area contributed by atoms with E-state index in [9.17, 15) is 4.79 Å². The largest absolute Gasteiger partial charge is 0.493 e. The molecule has 6 nitrogen and oxygen atoms in total. The first kappa shape index (κ1) is 21.7. The number of hydrogen-bond donors (Lipinski definition) is 1. The number of ether oxygens (including phenoxy) is 4. The second kappa shape index (κ2) is 10.1. The molecule has 0 aliphatic heterocycles. The summed E-state index contributed by atoms with van der Waals surface area (Å²) in [5, 5.41) is 3.20. The summed E-state index contributed by atoms with van der Waals surface area (Å²) in [6.45, 7) is 4.48. The number of methoxy groups -OCH3 is 3. The number of carbonyl (C=O) groups excluding carboxylic acids is 1. The number of unbranched alkanes of at least 4 members (excludes halogenated alkanes) is 1. The van der Waals surface area contributed by atoms with Gasteiger partial charge >= 0.3 is 0 Å². The Morgan fingerprint density at radius 2 is 1.64 bits per heavy atom. The van der Waals surface area contributed by atoms with E-state index < -0.39 is 0 Å². The van der Waals surface area contributed by atoms with Gasteiger partial charge in [-0.15, -0.1) is 0 Å². The molecule has 0 atom stereocenters. The third-order valence-corrected chi connectivity index (χ3v) is 4.50. The van der Waals surface area contributed by atoms with Gasteiger partial charge in [-0.3, -0.25) is 4.79 Å². The minimum atomic E-state index is -0.323. The number of amides is 1. The van der Waals surface area contributed by atoms with E-state index >= 15 is 0 Å². The number of carbonyl (C=O) groups is 1. The lowest BCUT2D eigenvalue weighted by molar-refractivity contribution is 0.102. The topological polar surface area (TPSA) is 66.0 Å². The van der Waals surface area contributed by atoms with Gasteiger partial charge in [0.2, 0.25) is 0 Å². The van der Waals surface area contributed by atoms with Gasteiger partial charge in [-0.25, -0.2) is 0 Å². The van der Waals surface area contributed by atoms with E-state index in [4.69, 9.17) is 30.5 Å². The smallest absolute Gasteiger partial charge is 0.255 e. The summed E-state index contributed by atoms with van der Waals surface area (Å²) in [6.07, 6.45) is 1.91. The van der Waals surface area contributed by atoms with Crippen molar-refractivity contribution in [2.45, 2.75) is 26.7 Å². The van der Waals surface area contributed by atoms with E-state index in [0.717, 1.165) is 18.4 Å². The van der Waals surface area contributed by atoms with Crippen molar-refractivity contribution in [2.24, 2.45) is 0 Å². The van der Waals surface area contributed by atoms with Gasteiger partial charge in [0.05, 0.1) is 33.0 Å². The van der Waals surface area contributed by atoms with Crippen molar-refractivity contribution in [3.8, 4) is 23.0 Å². The highest BCUT2D eigenvalue weighted by atomic mass is 35.5. The van der Waals surface area contributed by atoms with Crippen LogP contribution in [0.1, 0.15) is 35.7 Å². The summed E-state index contributed by atoms with van der Waals surface area (Å²) in [4.78, 5) is 12.8. The van der Waals surface area contributed by atoms with Crippen LogP contribution in [0.4, 0.5) is 5.69 Å². The quantitative estimate of drug-likeness (QED) is 0.585. The van der Waals surface area contributed by atoms with Gasteiger partial charge in [-0.1, -0.05) is 24.9 Å². The van der Waals surface area contributed by atoms with E-state index in [1.54, 1.807) is 38.5 Å². The van der Waals surface area contributed by atoms with E-state index in [2.05, 4.69) is 12.2 Å². The van der Waals surface area contributed by atoms with Crippen molar-refractivity contribution < 1.29 is 23.7 Å². The maximum atomic E-state index is 12.8. The number of nitrogens with one attached hydrogen (secondary N) is 1. The molecule has 0 spiro atoms. The van der Waals surface area contributed by atoms with Crippen LogP contribution in [0.5, 0.6) is 23.0 Å². The molecule has 0 saturated heterocycles. The fourth-order valence-electron chi connectivity index (χ4n) is 2.62. The summed E-state index contributed by atoms with van der Waals surface area (Å²) >= 11 is 6.34. The molecule has 0 unspecified atom stereocenters. The van der Waals surface area contributed by atoms with Crippen LogP contribution in [0.2, 0.25) is 5.02 Å². The summed E-state index contributed by atoms with van der Waals surface area (Å²) in [5.74, 6) is 1.65. The minimum Gasteiger partial charge on any atom is -0.493 e. The van der Waals surface area contributed by atoms with Crippen LogP contribution in [0.25, 0.3) is 0 Å². The molecular weight excluding hydrogens is 382 g/mol. The third kappa shape index (κ3) is 5.01. The van der Waals surface area contributed by atoms with Crippen LogP contribution in [-0.2, 0) is 0 Å².